The molecule has 0 radical (unpaired) electrons. The van der Waals surface area contributed by atoms with Gasteiger partial charge in [0.05, 0.1) is 15.7 Å². The van der Waals surface area contributed by atoms with E-state index in [1.165, 1.54) is 21.6 Å². The molecule has 0 aliphatic carbocycles. The molecule has 0 saturated carbocycles. The van der Waals surface area contributed by atoms with Gasteiger partial charge in [-0.05, 0) is 61.6 Å². The number of aryl methyl sites for hydroxylation is 3. The Kier molecular flexibility index (Phi) is 5.73. The third-order valence-electron chi connectivity index (χ3n) is 4.49. The highest BCUT2D eigenvalue weighted by molar-refractivity contribution is 7.99. The summed E-state index contributed by atoms with van der Waals surface area (Å²) in [6.07, 6.45) is 3.53. The van der Waals surface area contributed by atoms with E-state index >= 15 is 0 Å². The second kappa shape index (κ2) is 7.85. The van der Waals surface area contributed by atoms with Crippen LogP contribution in [0.5, 0.6) is 0 Å². The minimum absolute atomic E-state index is 0.164. The Morgan fingerprint density at radius 2 is 1.77 bits per heavy atom. The van der Waals surface area contributed by atoms with Crippen LogP contribution in [0, 0.1) is 26.7 Å². The van der Waals surface area contributed by atoms with Crippen molar-refractivity contribution < 1.29 is 0 Å². The highest BCUT2D eigenvalue weighted by atomic mass is 35.5. The Labute approximate surface area is 164 Å². The molecule has 0 bridgehead atoms. The SMILES string of the molecule is Cc1cc(C)cc(Sc2[nH]nc(C)c2C(c2ccncc2Cl)C(C)C)c1. The molecule has 5 heteroatoms. The highest BCUT2D eigenvalue weighted by Gasteiger charge is 2.27. The van der Waals surface area contributed by atoms with Gasteiger partial charge < -0.3 is 0 Å². The molecule has 3 rings (SSSR count). The quantitative estimate of drug-likeness (QED) is 0.558. The Hall–Kier alpha value is -1.78. The van der Waals surface area contributed by atoms with Gasteiger partial charge in [0.1, 0.15) is 0 Å². The maximum absolute atomic E-state index is 6.49. The van der Waals surface area contributed by atoms with Crippen LogP contribution in [0.3, 0.4) is 0 Å². The zero-order valence-corrected chi connectivity index (χ0v) is 17.4. The molecule has 1 N–H and O–H groups in total. The van der Waals surface area contributed by atoms with Crippen LogP contribution in [0.1, 0.15) is 47.7 Å². The van der Waals surface area contributed by atoms with Gasteiger partial charge in [-0.1, -0.05) is 43.3 Å². The van der Waals surface area contributed by atoms with E-state index in [0.29, 0.717) is 10.9 Å². The van der Waals surface area contributed by atoms with Crippen LogP contribution < -0.4 is 0 Å². The number of aromatic nitrogens is 3. The number of H-pyrrole nitrogens is 1. The average molecular weight is 386 g/mol. The van der Waals surface area contributed by atoms with Crippen molar-refractivity contribution >= 4 is 23.4 Å². The summed E-state index contributed by atoms with van der Waals surface area (Å²) in [5.74, 6) is 0.544. The van der Waals surface area contributed by atoms with Gasteiger partial charge in [0.15, 0.2) is 0 Å². The van der Waals surface area contributed by atoms with Crippen LogP contribution in [-0.4, -0.2) is 15.2 Å². The van der Waals surface area contributed by atoms with Gasteiger partial charge in [0.25, 0.3) is 0 Å². The van der Waals surface area contributed by atoms with E-state index < -0.39 is 0 Å². The maximum atomic E-state index is 6.49. The molecule has 1 atom stereocenters. The van der Waals surface area contributed by atoms with E-state index in [1.54, 1.807) is 18.0 Å². The molecule has 3 aromatic rings. The van der Waals surface area contributed by atoms with Gasteiger partial charge in [0, 0.05) is 28.8 Å². The average Bonchev–Trinajstić information content (AvgIpc) is 2.89. The van der Waals surface area contributed by atoms with Crippen molar-refractivity contribution in [2.45, 2.75) is 50.5 Å². The van der Waals surface area contributed by atoms with Crippen LogP contribution >= 0.6 is 23.4 Å². The summed E-state index contributed by atoms with van der Waals surface area (Å²) in [6, 6.07) is 8.63. The van der Waals surface area contributed by atoms with Gasteiger partial charge in [-0.2, -0.15) is 5.10 Å². The molecule has 0 aliphatic heterocycles. The Morgan fingerprint density at radius 3 is 2.38 bits per heavy atom. The summed E-state index contributed by atoms with van der Waals surface area (Å²) in [4.78, 5) is 5.36. The van der Waals surface area contributed by atoms with E-state index in [4.69, 9.17) is 11.6 Å². The van der Waals surface area contributed by atoms with Crippen LogP contribution in [-0.2, 0) is 0 Å². The summed E-state index contributed by atoms with van der Waals surface area (Å²) in [6.45, 7) is 10.8. The zero-order chi connectivity index (χ0) is 18.8. The number of aromatic amines is 1. The third-order valence-corrected chi connectivity index (χ3v) is 5.79. The predicted molar refractivity (Wildman–Crippen MR) is 109 cm³/mol. The van der Waals surface area contributed by atoms with E-state index in [0.717, 1.165) is 16.3 Å². The molecule has 0 fully saturated rings. The van der Waals surface area contributed by atoms with Crippen molar-refractivity contribution in [3.63, 3.8) is 0 Å². The Morgan fingerprint density at radius 1 is 1.08 bits per heavy atom. The standard InChI is InChI=1S/C21H24ClN3S/c1-12(2)19(17-6-7-23-11-18(17)22)20-15(5)24-25-21(20)26-16-9-13(3)8-14(4)10-16/h6-12,19H,1-5H3,(H,24,25). The topological polar surface area (TPSA) is 41.6 Å². The second-order valence-electron chi connectivity index (χ2n) is 7.10. The van der Waals surface area contributed by atoms with Crippen molar-refractivity contribution in [1.82, 2.24) is 15.2 Å². The predicted octanol–water partition coefficient (Wildman–Crippen LogP) is 6.32. The van der Waals surface area contributed by atoms with Gasteiger partial charge in [-0.3, -0.25) is 10.1 Å². The van der Waals surface area contributed by atoms with E-state index in [-0.39, 0.29) is 5.92 Å². The summed E-state index contributed by atoms with van der Waals surface area (Å²) >= 11 is 8.22. The lowest BCUT2D eigenvalue weighted by molar-refractivity contribution is 0.554. The molecule has 2 aromatic heterocycles. The number of benzene rings is 1. The van der Waals surface area contributed by atoms with Crippen molar-refractivity contribution in [2.75, 3.05) is 0 Å². The third kappa shape index (κ3) is 3.97. The molecule has 1 unspecified atom stereocenters. The molecule has 2 heterocycles. The van der Waals surface area contributed by atoms with Gasteiger partial charge in [0.2, 0.25) is 0 Å². The minimum atomic E-state index is 0.164. The largest absolute Gasteiger partial charge is 0.271 e. The van der Waals surface area contributed by atoms with Gasteiger partial charge >= 0.3 is 0 Å². The summed E-state index contributed by atoms with van der Waals surface area (Å²) in [5, 5.41) is 9.54. The molecule has 3 nitrogen and oxygen atoms in total. The first-order valence-electron chi connectivity index (χ1n) is 8.77. The molecular weight excluding hydrogens is 362 g/mol. The van der Waals surface area contributed by atoms with Crippen LogP contribution in [0.2, 0.25) is 5.02 Å². The Bertz CT molecular complexity index is 897. The molecule has 1 aromatic carbocycles. The van der Waals surface area contributed by atoms with Crippen molar-refractivity contribution in [3.8, 4) is 0 Å². The van der Waals surface area contributed by atoms with E-state index in [9.17, 15) is 0 Å². The molecule has 0 amide bonds. The lowest BCUT2D eigenvalue weighted by Gasteiger charge is -2.23. The van der Waals surface area contributed by atoms with Crippen LogP contribution in [0.4, 0.5) is 0 Å². The molecule has 136 valence electrons. The fourth-order valence-corrected chi connectivity index (χ4v) is 4.90. The molecular formula is C21H24ClN3S. The first-order chi connectivity index (χ1) is 12.4. The monoisotopic (exact) mass is 385 g/mol. The number of hydrogen-bond donors (Lipinski definition) is 1. The lowest BCUT2D eigenvalue weighted by Crippen LogP contribution is -2.11. The van der Waals surface area contributed by atoms with Crippen molar-refractivity contribution in [2.24, 2.45) is 5.92 Å². The molecule has 26 heavy (non-hydrogen) atoms. The smallest absolute Gasteiger partial charge is 0.0996 e. The number of hydrogen-bond acceptors (Lipinski definition) is 3. The number of halogens is 1. The lowest BCUT2D eigenvalue weighted by atomic mass is 9.83. The van der Waals surface area contributed by atoms with Crippen LogP contribution in [0.25, 0.3) is 0 Å². The number of nitrogens with zero attached hydrogens (tertiary/aromatic N) is 2. The second-order valence-corrected chi connectivity index (χ2v) is 8.59. The first-order valence-corrected chi connectivity index (χ1v) is 9.96. The zero-order valence-electron chi connectivity index (χ0n) is 15.8. The summed E-state index contributed by atoms with van der Waals surface area (Å²) in [5.41, 5.74) is 5.87. The van der Waals surface area contributed by atoms with Crippen molar-refractivity contribution in [3.05, 3.63) is 69.6 Å². The Balaban J connectivity index is 2.07. The number of nitrogens with one attached hydrogen (secondary N) is 1. The van der Waals surface area contributed by atoms with E-state index in [2.05, 4.69) is 68.0 Å². The fraction of sp³-hybridized carbons (Fsp3) is 0.333. The van der Waals surface area contributed by atoms with Gasteiger partial charge in [-0.25, -0.2) is 0 Å². The fourth-order valence-electron chi connectivity index (χ4n) is 3.46. The highest BCUT2D eigenvalue weighted by Crippen LogP contribution is 2.42. The van der Waals surface area contributed by atoms with E-state index in [1.807, 2.05) is 12.3 Å². The first kappa shape index (κ1) is 19.0. The van der Waals surface area contributed by atoms with Crippen molar-refractivity contribution in [1.29, 1.82) is 0 Å². The number of rotatable bonds is 5. The number of pyridine rings is 1. The van der Waals surface area contributed by atoms with Crippen LogP contribution in [0.15, 0.2) is 46.6 Å². The maximum Gasteiger partial charge on any atom is 0.0996 e. The minimum Gasteiger partial charge on any atom is -0.271 e. The normalized spacial score (nSPS) is 12.6. The summed E-state index contributed by atoms with van der Waals surface area (Å²) < 4.78 is 0. The molecule has 0 spiro atoms. The molecule has 0 saturated heterocycles. The summed E-state index contributed by atoms with van der Waals surface area (Å²) in [7, 11) is 0. The molecule has 0 aliphatic rings. The van der Waals surface area contributed by atoms with Gasteiger partial charge in [-0.15, -0.1) is 0 Å².